The average molecular weight is 461 g/mol. The van der Waals surface area contributed by atoms with E-state index in [0.29, 0.717) is 4.47 Å². The van der Waals surface area contributed by atoms with Crippen molar-refractivity contribution in [1.29, 1.82) is 5.26 Å². The molecule has 1 heterocycles. The Balaban J connectivity index is 2.30. The van der Waals surface area contributed by atoms with Crippen LogP contribution in [0.15, 0.2) is 57.9 Å². The fourth-order valence-electron chi connectivity index (χ4n) is 3.26. The Morgan fingerprint density at radius 2 is 1.86 bits per heavy atom. The van der Waals surface area contributed by atoms with Gasteiger partial charge in [0.1, 0.15) is 11.6 Å². The van der Waals surface area contributed by atoms with Gasteiger partial charge in [-0.15, -0.1) is 0 Å². The molecule has 148 valence electrons. The second-order valence-electron chi connectivity index (χ2n) is 6.78. The number of hydrogen-bond donors (Lipinski definition) is 0. The Kier molecular flexibility index (Phi) is 5.67. The Labute approximate surface area is 174 Å². The van der Waals surface area contributed by atoms with Gasteiger partial charge in [-0.3, -0.25) is 4.79 Å². The van der Waals surface area contributed by atoms with Gasteiger partial charge in [-0.25, -0.2) is 0 Å². The molecular weight excluding hydrogens is 445 g/mol. The van der Waals surface area contributed by atoms with Crippen molar-refractivity contribution < 1.29 is 13.2 Å². The predicted octanol–water partition coefficient (Wildman–Crippen LogP) is 5.83. The lowest BCUT2D eigenvalue weighted by Gasteiger charge is -2.18. The molecule has 0 unspecified atom stereocenters. The molecule has 3 rings (SSSR count). The average Bonchev–Trinajstić information content (AvgIpc) is 2.64. The van der Waals surface area contributed by atoms with E-state index in [4.69, 9.17) is 0 Å². The molecule has 0 aliphatic heterocycles. The Bertz CT molecular complexity index is 1190. The Hall–Kier alpha value is -2.85. The van der Waals surface area contributed by atoms with Crippen molar-refractivity contribution in [1.82, 2.24) is 4.57 Å². The van der Waals surface area contributed by atoms with Gasteiger partial charge < -0.3 is 4.57 Å². The monoisotopic (exact) mass is 460 g/mol. The van der Waals surface area contributed by atoms with Crippen LogP contribution in [0.1, 0.15) is 27.8 Å². The quantitative estimate of drug-likeness (QED) is 0.493. The predicted molar refractivity (Wildman–Crippen MR) is 109 cm³/mol. The number of pyridine rings is 1. The molecule has 0 bridgehead atoms. The normalized spacial score (nSPS) is 11.3. The number of aromatic nitrogens is 1. The van der Waals surface area contributed by atoms with Gasteiger partial charge >= 0.3 is 6.18 Å². The molecule has 29 heavy (non-hydrogen) atoms. The number of benzene rings is 2. The summed E-state index contributed by atoms with van der Waals surface area (Å²) in [5, 5.41) is 9.40. The first-order valence-corrected chi connectivity index (χ1v) is 9.48. The van der Waals surface area contributed by atoms with E-state index >= 15 is 0 Å². The number of nitriles is 1. The van der Waals surface area contributed by atoms with Crippen molar-refractivity contribution in [2.24, 2.45) is 0 Å². The van der Waals surface area contributed by atoms with Crippen molar-refractivity contribution in [3.05, 3.63) is 91.3 Å². The van der Waals surface area contributed by atoms with Crippen LogP contribution in [0.4, 0.5) is 13.2 Å². The van der Waals surface area contributed by atoms with E-state index in [1.54, 1.807) is 12.1 Å². The first-order chi connectivity index (χ1) is 13.6. The van der Waals surface area contributed by atoms with E-state index < -0.39 is 22.9 Å². The van der Waals surface area contributed by atoms with Crippen molar-refractivity contribution in [3.63, 3.8) is 0 Å². The van der Waals surface area contributed by atoms with Crippen LogP contribution in [0.2, 0.25) is 0 Å². The molecule has 0 fully saturated rings. The fraction of sp³-hybridized carbons (Fsp3) is 0.182. The molecule has 2 aromatic carbocycles. The number of hydrogen-bond acceptors (Lipinski definition) is 2. The minimum absolute atomic E-state index is 0.0682. The molecule has 1 aromatic heterocycles. The van der Waals surface area contributed by atoms with Crippen LogP contribution in [0.25, 0.3) is 11.1 Å². The molecule has 0 N–H and O–H groups in total. The van der Waals surface area contributed by atoms with Crippen LogP contribution >= 0.6 is 15.9 Å². The molecule has 3 aromatic rings. The first-order valence-electron chi connectivity index (χ1n) is 8.68. The van der Waals surface area contributed by atoms with Crippen LogP contribution < -0.4 is 5.56 Å². The molecule has 0 saturated carbocycles. The van der Waals surface area contributed by atoms with Gasteiger partial charge in [0.2, 0.25) is 0 Å². The molecule has 0 atom stereocenters. The van der Waals surface area contributed by atoms with E-state index in [-0.39, 0.29) is 17.7 Å². The van der Waals surface area contributed by atoms with Crippen molar-refractivity contribution in [2.75, 3.05) is 0 Å². The lowest BCUT2D eigenvalue weighted by molar-refractivity contribution is -0.137. The maximum atomic E-state index is 13.8. The van der Waals surface area contributed by atoms with Crippen LogP contribution in [0.5, 0.6) is 0 Å². The number of nitrogens with zero attached hydrogens (tertiary/aromatic N) is 2. The Morgan fingerprint density at radius 1 is 1.14 bits per heavy atom. The van der Waals surface area contributed by atoms with Gasteiger partial charge in [0, 0.05) is 16.2 Å². The fourth-order valence-corrected chi connectivity index (χ4v) is 3.66. The lowest BCUT2D eigenvalue weighted by Crippen LogP contribution is -2.28. The van der Waals surface area contributed by atoms with E-state index in [2.05, 4.69) is 15.9 Å². The topological polar surface area (TPSA) is 45.8 Å². The molecule has 0 amide bonds. The summed E-state index contributed by atoms with van der Waals surface area (Å²) >= 11 is 3.26. The standard InChI is InChI=1S/C22H16BrF3N2O/c1-13-6-7-16(14(2)8-13)11-28-12-19(15-4-3-5-17(23)9-15)20(22(24,25)26)18(10-27)21(28)29/h3-9,12H,11H2,1-2H3. The zero-order chi connectivity index (χ0) is 21.3. The van der Waals surface area contributed by atoms with Gasteiger partial charge in [0.25, 0.3) is 5.56 Å². The summed E-state index contributed by atoms with van der Waals surface area (Å²) in [7, 11) is 0. The zero-order valence-electron chi connectivity index (χ0n) is 15.6. The summed E-state index contributed by atoms with van der Waals surface area (Å²) < 4.78 is 43.2. The van der Waals surface area contributed by atoms with Crippen LogP contribution in [-0.4, -0.2) is 4.57 Å². The van der Waals surface area contributed by atoms with Crippen LogP contribution in [-0.2, 0) is 12.7 Å². The maximum Gasteiger partial charge on any atom is 0.418 e. The molecule has 7 heteroatoms. The maximum absolute atomic E-state index is 13.8. The van der Waals surface area contributed by atoms with E-state index in [9.17, 15) is 23.2 Å². The van der Waals surface area contributed by atoms with Gasteiger partial charge in [0.05, 0.1) is 12.1 Å². The lowest BCUT2D eigenvalue weighted by atomic mass is 9.97. The highest BCUT2D eigenvalue weighted by molar-refractivity contribution is 9.10. The van der Waals surface area contributed by atoms with E-state index in [0.717, 1.165) is 16.7 Å². The first kappa shape index (κ1) is 20.9. The second-order valence-corrected chi connectivity index (χ2v) is 7.69. The third kappa shape index (κ3) is 4.28. The number of halogens is 4. The van der Waals surface area contributed by atoms with Gasteiger partial charge in [0.15, 0.2) is 0 Å². The SMILES string of the molecule is Cc1ccc(Cn2cc(-c3cccc(Br)c3)c(C(F)(F)F)c(C#N)c2=O)c(C)c1. The number of alkyl halides is 3. The summed E-state index contributed by atoms with van der Waals surface area (Å²) in [6, 6.07) is 13.5. The van der Waals surface area contributed by atoms with Crippen molar-refractivity contribution in [3.8, 4) is 17.2 Å². The molecular formula is C22H16BrF3N2O. The molecule has 0 aliphatic rings. The molecule has 0 spiro atoms. The molecule has 3 nitrogen and oxygen atoms in total. The van der Waals surface area contributed by atoms with Crippen LogP contribution in [0, 0.1) is 25.2 Å². The summed E-state index contributed by atoms with van der Waals surface area (Å²) in [6.07, 6.45) is -3.66. The highest BCUT2D eigenvalue weighted by Gasteiger charge is 2.39. The van der Waals surface area contributed by atoms with E-state index in [1.807, 2.05) is 32.0 Å². The smallest absolute Gasteiger partial charge is 0.309 e. The number of rotatable bonds is 3. The highest BCUT2D eigenvalue weighted by atomic mass is 79.9. The highest BCUT2D eigenvalue weighted by Crippen LogP contribution is 2.38. The summed E-state index contributed by atoms with van der Waals surface area (Å²) in [6.45, 7) is 3.87. The van der Waals surface area contributed by atoms with Crippen LogP contribution in [0.3, 0.4) is 0 Å². The molecule has 0 radical (unpaired) electrons. The minimum Gasteiger partial charge on any atom is -0.309 e. The minimum atomic E-state index is -4.85. The largest absolute Gasteiger partial charge is 0.418 e. The Morgan fingerprint density at radius 3 is 2.45 bits per heavy atom. The zero-order valence-corrected chi connectivity index (χ0v) is 17.2. The van der Waals surface area contributed by atoms with E-state index in [1.165, 1.54) is 29.0 Å². The third-order valence-electron chi connectivity index (χ3n) is 4.65. The third-order valence-corrected chi connectivity index (χ3v) is 5.14. The molecule has 0 aliphatic carbocycles. The number of aryl methyl sites for hydroxylation is 2. The van der Waals surface area contributed by atoms with Crippen molar-refractivity contribution >= 4 is 15.9 Å². The van der Waals surface area contributed by atoms with Gasteiger partial charge in [-0.05, 0) is 42.7 Å². The van der Waals surface area contributed by atoms with Gasteiger partial charge in [-0.2, -0.15) is 18.4 Å². The second kappa shape index (κ2) is 7.88. The van der Waals surface area contributed by atoms with Crippen molar-refractivity contribution in [2.45, 2.75) is 26.6 Å². The summed E-state index contributed by atoms with van der Waals surface area (Å²) in [4.78, 5) is 12.7. The summed E-state index contributed by atoms with van der Waals surface area (Å²) in [5.41, 5.74) is -0.269. The van der Waals surface area contributed by atoms with Gasteiger partial charge in [-0.1, -0.05) is 51.8 Å². The molecule has 0 saturated heterocycles. The summed E-state index contributed by atoms with van der Waals surface area (Å²) in [5.74, 6) is 0.